The zero-order chi connectivity index (χ0) is 36.7. The summed E-state index contributed by atoms with van der Waals surface area (Å²) in [5.41, 5.74) is -3.32. The van der Waals surface area contributed by atoms with Crippen LogP contribution in [0.25, 0.3) is 15.2 Å². The summed E-state index contributed by atoms with van der Waals surface area (Å²) in [4.78, 5) is 44.4. The van der Waals surface area contributed by atoms with E-state index in [0.717, 1.165) is 46.9 Å². The second-order valence-electron chi connectivity index (χ2n) is 14.2. The lowest BCUT2D eigenvalue weighted by atomic mass is 10.0. The van der Waals surface area contributed by atoms with Crippen LogP contribution >= 0.6 is 11.3 Å². The molecule has 4 aliphatic rings. The maximum absolute atomic E-state index is 14.9. The van der Waals surface area contributed by atoms with Gasteiger partial charge in [0.25, 0.3) is 11.5 Å². The monoisotopic (exact) mass is 764 g/mol. The maximum atomic E-state index is 14.9. The average molecular weight is 765 g/mol. The average Bonchev–Trinajstić information content (AvgIpc) is 3.89. The van der Waals surface area contributed by atoms with Gasteiger partial charge in [-0.2, -0.15) is 19.0 Å². The number of alkyl halides is 2. The standard InChI is InChI=1S/C33H35F3N6O8S2/c1-17-25-26(43)41(33(9-10-33)29(44)39-52(46,47)32(2)7-8-32)31(45)40(28(25)51-27(17)42-37-11-12-38-42)16-24(49-21-14-19-4-5-20(15-21)48-19)22-13-18(34)3-6-23(22)50-30(35)36/h3,6,11-13,19-21,24,30H,4-5,7-10,14-16H2,1-2H3,(H,39,44)/t19-,20+,21?,24-/m0/s1. The van der Waals surface area contributed by atoms with Crippen molar-refractivity contribution in [2.75, 3.05) is 0 Å². The number of carbonyl (C=O) groups is 1. The normalized spacial score (nSPS) is 23.5. The summed E-state index contributed by atoms with van der Waals surface area (Å²) in [7, 11) is -4.13. The van der Waals surface area contributed by atoms with E-state index in [1.807, 2.05) is 0 Å². The van der Waals surface area contributed by atoms with Crippen LogP contribution in [0.2, 0.25) is 0 Å². The molecule has 19 heteroatoms. The van der Waals surface area contributed by atoms with E-state index in [9.17, 15) is 36.0 Å². The van der Waals surface area contributed by atoms with Crippen molar-refractivity contribution in [1.82, 2.24) is 28.9 Å². The lowest BCUT2D eigenvalue weighted by Crippen LogP contribution is -2.54. The Morgan fingerprint density at radius 2 is 1.79 bits per heavy atom. The quantitative estimate of drug-likeness (QED) is 0.224. The van der Waals surface area contributed by atoms with Gasteiger partial charge in [0.05, 0.1) is 47.4 Å². The van der Waals surface area contributed by atoms with Crippen molar-refractivity contribution in [3.8, 4) is 10.8 Å². The maximum Gasteiger partial charge on any atom is 0.387 e. The Hall–Kier alpha value is -4.07. The van der Waals surface area contributed by atoms with Crippen LogP contribution in [0, 0.1) is 12.7 Å². The molecule has 1 unspecified atom stereocenters. The molecule has 4 fully saturated rings. The Morgan fingerprint density at radius 3 is 2.40 bits per heavy atom. The molecule has 0 spiro atoms. The highest BCUT2D eigenvalue weighted by atomic mass is 32.2. The van der Waals surface area contributed by atoms with E-state index in [-0.39, 0.29) is 46.6 Å². The number of nitrogens with one attached hydrogen (secondary N) is 1. The van der Waals surface area contributed by atoms with Crippen LogP contribution in [0.5, 0.6) is 5.75 Å². The van der Waals surface area contributed by atoms with Crippen molar-refractivity contribution >= 4 is 37.5 Å². The van der Waals surface area contributed by atoms with Crippen LogP contribution in [-0.4, -0.2) is 68.1 Å². The number of aromatic nitrogens is 5. The van der Waals surface area contributed by atoms with Crippen molar-refractivity contribution in [3.05, 3.63) is 68.4 Å². The van der Waals surface area contributed by atoms with Crippen LogP contribution in [0.15, 0.2) is 40.2 Å². The largest absolute Gasteiger partial charge is 0.434 e. The molecule has 1 amide bonds. The number of benzene rings is 1. The lowest BCUT2D eigenvalue weighted by Gasteiger charge is -2.32. The molecule has 1 N–H and O–H groups in total. The zero-order valence-corrected chi connectivity index (χ0v) is 29.7. The molecule has 278 valence electrons. The highest BCUT2D eigenvalue weighted by Crippen LogP contribution is 2.46. The second kappa shape index (κ2) is 12.5. The minimum absolute atomic E-state index is 0.00350. The molecule has 5 heterocycles. The van der Waals surface area contributed by atoms with Gasteiger partial charge in [0.1, 0.15) is 33.0 Å². The van der Waals surface area contributed by atoms with Crippen molar-refractivity contribution in [2.24, 2.45) is 0 Å². The van der Waals surface area contributed by atoms with Crippen LogP contribution in [0.1, 0.15) is 75.5 Å². The van der Waals surface area contributed by atoms with Gasteiger partial charge in [0.15, 0.2) is 0 Å². The third-order valence-corrected chi connectivity index (χ3v) is 14.1. The van der Waals surface area contributed by atoms with E-state index in [1.165, 1.54) is 28.7 Å². The first-order valence-electron chi connectivity index (χ1n) is 17.0. The van der Waals surface area contributed by atoms with Crippen LogP contribution in [-0.2, 0) is 36.4 Å². The van der Waals surface area contributed by atoms with Gasteiger partial charge in [-0.25, -0.2) is 22.2 Å². The number of rotatable bonds is 12. The van der Waals surface area contributed by atoms with Gasteiger partial charge < -0.3 is 14.2 Å². The topological polar surface area (TPSA) is 166 Å². The summed E-state index contributed by atoms with van der Waals surface area (Å²) >= 11 is 1.01. The number of sulfonamides is 1. The molecule has 2 aliphatic carbocycles. The van der Waals surface area contributed by atoms with Crippen LogP contribution in [0.4, 0.5) is 13.2 Å². The summed E-state index contributed by atoms with van der Waals surface area (Å²) < 4.78 is 88.7. The highest BCUT2D eigenvalue weighted by Gasteiger charge is 2.58. The Kier molecular flexibility index (Phi) is 8.42. The molecule has 52 heavy (non-hydrogen) atoms. The number of hydrogen-bond donors (Lipinski definition) is 1. The van der Waals surface area contributed by atoms with E-state index >= 15 is 0 Å². The third kappa shape index (κ3) is 5.94. The predicted octanol–water partition coefficient (Wildman–Crippen LogP) is 3.81. The summed E-state index contributed by atoms with van der Waals surface area (Å²) in [6, 6.07) is 3.03. The molecule has 2 bridgehead atoms. The molecule has 4 aromatic rings. The number of aryl methyl sites for hydroxylation is 1. The molecule has 0 radical (unpaired) electrons. The number of carbonyl (C=O) groups excluding carboxylic acids is 1. The van der Waals surface area contributed by atoms with Gasteiger partial charge >= 0.3 is 12.3 Å². The molecule has 14 nitrogen and oxygen atoms in total. The molecular weight excluding hydrogens is 730 g/mol. The Labute approximate surface area is 298 Å². The van der Waals surface area contributed by atoms with Gasteiger partial charge in [-0.3, -0.25) is 18.9 Å². The van der Waals surface area contributed by atoms with E-state index in [1.54, 1.807) is 6.92 Å². The number of fused-ring (bicyclic) bond motifs is 3. The van der Waals surface area contributed by atoms with E-state index in [4.69, 9.17) is 14.2 Å². The van der Waals surface area contributed by atoms with Crippen LogP contribution in [0.3, 0.4) is 0 Å². The number of nitrogens with zero attached hydrogens (tertiary/aromatic N) is 5. The minimum Gasteiger partial charge on any atom is -0.434 e. The molecular formula is C33H35F3N6O8S2. The molecule has 2 aliphatic heterocycles. The first-order chi connectivity index (χ1) is 24.7. The minimum atomic E-state index is -4.13. The lowest BCUT2D eigenvalue weighted by molar-refractivity contribution is -0.124. The van der Waals surface area contributed by atoms with Crippen molar-refractivity contribution in [2.45, 2.75) is 113 Å². The summed E-state index contributed by atoms with van der Waals surface area (Å²) in [5, 5.41) is 8.79. The summed E-state index contributed by atoms with van der Waals surface area (Å²) in [5.74, 6) is -2.14. The Morgan fingerprint density at radius 1 is 1.12 bits per heavy atom. The molecule has 4 atom stereocenters. The first-order valence-corrected chi connectivity index (χ1v) is 19.3. The van der Waals surface area contributed by atoms with Gasteiger partial charge in [-0.05, 0) is 83.4 Å². The van der Waals surface area contributed by atoms with E-state index < -0.39 is 68.6 Å². The van der Waals surface area contributed by atoms with E-state index in [2.05, 4.69) is 14.9 Å². The van der Waals surface area contributed by atoms with Gasteiger partial charge in [0, 0.05) is 11.1 Å². The predicted molar refractivity (Wildman–Crippen MR) is 180 cm³/mol. The molecule has 8 rings (SSSR count). The van der Waals surface area contributed by atoms with Crippen molar-refractivity contribution in [3.63, 3.8) is 0 Å². The second-order valence-corrected chi connectivity index (χ2v) is 17.4. The highest BCUT2D eigenvalue weighted by molar-refractivity contribution is 7.91. The smallest absolute Gasteiger partial charge is 0.387 e. The summed E-state index contributed by atoms with van der Waals surface area (Å²) in [6.07, 6.45) is 4.25. The van der Waals surface area contributed by atoms with Gasteiger partial charge in [0.2, 0.25) is 10.0 Å². The molecule has 1 aromatic carbocycles. The van der Waals surface area contributed by atoms with Gasteiger partial charge in [-0.1, -0.05) is 11.3 Å². The molecule has 2 saturated carbocycles. The molecule has 3 aromatic heterocycles. The fourth-order valence-corrected chi connectivity index (χ4v) is 9.89. The SMILES string of the molecule is Cc1c(-n2nccn2)sc2c1c(=O)n(C1(C(=O)NS(=O)(=O)C3(C)CC3)CC1)c(=O)n2C[C@H](OC1C[C@H]2CC[C@@H](C1)O2)c1cc(F)ccc1OC(F)F. The number of amides is 1. The fraction of sp³-hybridized carbons (Fsp3) is 0.545. The number of halogens is 3. The first kappa shape index (κ1) is 35.0. The Balaban J connectivity index is 1.30. The number of thiophene rings is 1. The number of ether oxygens (including phenoxy) is 3. The zero-order valence-electron chi connectivity index (χ0n) is 28.1. The van der Waals surface area contributed by atoms with Gasteiger partial charge in [-0.15, -0.1) is 4.80 Å². The Bertz CT molecular complexity index is 2290. The fourth-order valence-electron chi connectivity index (χ4n) is 7.35. The third-order valence-electron chi connectivity index (χ3n) is 10.7. The van der Waals surface area contributed by atoms with Crippen LogP contribution < -0.4 is 20.7 Å². The van der Waals surface area contributed by atoms with Crippen molar-refractivity contribution < 1.29 is 40.6 Å². The summed E-state index contributed by atoms with van der Waals surface area (Å²) in [6.45, 7) is -0.546. The van der Waals surface area contributed by atoms with E-state index in [0.29, 0.717) is 36.2 Å². The number of hydrogen-bond acceptors (Lipinski definition) is 11. The molecule has 2 saturated heterocycles. The van der Waals surface area contributed by atoms with Crippen molar-refractivity contribution in [1.29, 1.82) is 0 Å².